The SMILES string of the molecule is Cc1c(-c2nc3ccccc3c(-c3ccccc3)c2Br)oc2ccccc12.Cl. The van der Waals surface area contributed by atoms with E-state index in [1.165, 1.54) is 0 Å². The first kappa shape index (κ1) is 18.7. The lowest BCUT2D eigenvalue weighted by atomic mass is 9.99. The summed E-state index contributed by atoms with van der Waals surface area (Å²) < 4.78 is 7.17. The van der Waals surface area contributed by atoms with Crippen LogP contribution in [0.1, 0.15) is 5.56 Å². The molecule has 4 heteroatoms. The van der Waals surface area contributed by atoms with Crippen molar-refractivity contribution < 1.29 is 4.42 Å². The molecule has 0 saturated heterocycles. The van der Waals surface area contributed by atoms with Crippen molar-refractivity contribution in [3.63, 3.8) is 0 Å². The highest BCUT2D eigenvalue weighted by Crippen LogP contribution is 2.43. The molecular formula is C24H17BrClNO. The summed E-state index contributed by atoms with van der Waals surface area (Å²) >= 11 is 3.84. The number of para-hydroxylation sites is 2. The van der Waals surface area contributed by atoms with Gasteiger partial charge in [0.15, 0.2) is 5.76 Å². The highest BCUT2D eigenvalue weighted by molar-refractivity contribution is 9.10. The molecule has 0 aliphatic carbocycles. The van der Waals surface area contributed by atoms with Gasteiger partial charge in [-0.3, -0.25) is 0 Å². The van der Waals surface area contributed by atoms with E-state index in [4.69, 9.17) is 9.40 Å². The molecule has 0 amide bonds. The van der Waals surface area contributed by atoms with E-state index in [-0.39, 0.29) is 12.4 Å². The van der Waals surface area contributed by atoms with Crippen LogP contribution in [-0.4, -0.2) is 4.98 Å². The molecule has 0 spiro atoms. The highest BCUT2D eigenvalue weighted by atomic mass is 79.9. The molecule has 0 N–H and O–H groups in total. The number of hydrogen-bond donors (Lipinski definition) is 0. The van der Waals surface area contributed by atoms with Gasteiger partial charge in [-0.2, -0.15) is 0 Å². The first-order valence-electron chi connectivity index (χ1n) is 8.86. The maximum Gasteiger partial charge on any atom is 0.157 e. The number of nitrogens with zero attached hydrogens (tertiary/aromatic N) is 1. The fourth-order valence-electron chi connectivity index (χ4n) is 3.63. The minimum absolute atomic E-state index is 0. The van der Waals surface area contributed by atoms with E-state index in [1.807, 2.05) is 30.3 Å². The molecule has 0 aliphatic heterocycles. The molecule has 2 aromatic heterocycles. The number of hydrogen-bond acceptors (Lipinski definition) is 2. The summed E-state index contributed by atoms with van der Waals surface area (Å²) in [6, 6.07) is 26.8. The van der Waals surface area contributed by atoms with Gasteiger partial charge in [0.25, 0.3) is 0 Å². The van der Waals surface area contributed by atoms with E-state index in [1.54, 1.807) is 0 Å². The second-order valence-electron chi connectivity index (χ2n) is 6.58. The van der Waals surface area contributed by atoms with Crippen molar-refractivity contribution in [1.82, 2.24) is 4.98 Å². The smallest absolute Gasteiger partial charge is 0.157 e. The zero-order valence-corrected chi connectivity index (χ0v) is 17.5. The Labute approximate surface area is 177 Å². The van der Waals surface area contributed by atoms with Gasteiger partial charge >= 0.3 is 0 Å². The summed E-state index contributed by atoms with van der Waals surface area (Å²) in [5.74, 6) is 0.811. The molecule has 2 nitrogen and oxygen atoms in total. The number of benzene rings is 3. The van der Waals surface area contributed by atoms with Crippen LogP contribution in [0.4, 0.5) is 0 Å². The molecule has 5 rings (SSSR count). The van der Waals surface area contributed by atoms with Crippen molar-refractivity contribution in [2.24, 2.45) is 0 Å². The molecule has 0 saturated carbocycles. The van der Waals surface area contributed by atoms with Crippen molar-refractivity contribution in [3.8, 4) is 22.6 Å². The van der Waals surface area contributed by atoms with Crippen LogP contribution < -0.4 is 0 Å². The third-order valence-electron chi connectivity index (χ3n) is 4.95. The van der Waals surface area contributed by atoms with E-state index in [0.29, 0.717) is 0 Å². The van der Waals surface area contributed by atoms with Crippen LogP contribution in [0, 0.1) is 6.92 Å². The zero-order chi connectivity index (χ0) is 18.4. The van der Waals surface area contributed by atoms with Gasteiger partial charge in [0.05, 0.1) is 9.99 Å². The summed E-state index contributed by atoms with van der Waals surface area (Å²) in [5.41, 5.74) is 6.06. The van der Waals surface area contributed by atoms with E-state index < -0.39 is 0 Å². The number of aromatic nitrogens is 1. The fraction of sp³-hybridized carbons (Fsp3) is 0.0417. The van der Waals surface area contributed by atoms with Gasteiger partial charge < -0.3 is 4.42 Å². The zero-order valence-electron chi connectivity index (χ0n) is 15.1. The third-order valence-corrected chi connectivity index (χ3v) is 5.73. The van der Waals surface area contributed by atoms with E-state index >= 15 is 0 Å². The van der Waals surface area contributed by atoms with Crippen molar-refractivity contribution in [1.29, 1.82) is 0 Å². The maximum absolute atomic E-state index is 6.21. The van der Waals surface area contributed by atoms with Gasteiger partial charge in [-0.15, -0.1) is 12.4 Å². The van der Waals surface area contributed by atoms with Crippen molar-refractivity contribution >= 4 is 50.2 Å². The number of pyridine rings is 1. The van der Waals surface area contributed by atoms with Gasteiger partial charge in [-0.05, 0) is 40.5 Å². The molecule has 0 unspecified atom stereocenters. The second-order valence-corrected chi connectivity index (χ2v) is 7.38. The summed E-state index contributed by atoms with van der Waals surface area (Å²) in [5, 5.41) is 2.24. The number of fused-ring (bicyclic) bond motifs is 2. The standard InChI is InChI=1S/C24H16BrNO.ClH/c1-15-17-11-6-8-14-20(17)27-24(15)23-22(25)21(16-9-3-2-4-10-16)18-12-5-7-13-19(18)26-23;/h2-14H,1H3;1H. The Kier molecular flexibility index (Phi) is 4.96. The molecular weight excluding hydrogens is 434 g/mol. The minimum atomic E-state index is 0. The predicted octanol–water partition coefficient (Wildman–Crippen LogP) is 7.81. The van der Waals surface area contributed by atoms with Crippen LogP contribution in [-0.2, 0) is 0 Å². The molecule has 3 aromatic carbocycles. The average molecular weight is 451 g/mol. The molecule has 0 radical (unpaired) electrons. The largest absolute Gasteiger partial charge is 0.454 e. The van der Waals surface area contributed by atoms with Crippen molar-refractivity contribution in [2.75, 3.05) is 0 Å². The molecule has 0 aliphatic rings. The van der Waals surface area contributed by atoms with E-state index in [2.05, 4.69) is 71.4 Å². The lowest BCUT2D eigenvalue weighted by Crippen LogP contribution is -1.93. The molecule has 5 aromatic rings. The van der Waals surface area contributed by atoms with Gasteiger partial charge in [-0.1, -0.05) is 66.7 Å². The Bertz CT molecular complexity index is 1290. The Morgan fingerprint density at radius 1 is 0.786 bits per heavy atom. The Hall–Kier alpha value is -2.62. The van der Waals surface area contributed by atoms with Gasteiger partial charge in [0.2, 0.25) is 0 Å². The van der Waals surface area contributed by atoms with Crippen LogP contribution >= 0.6 is 28.3 Å². The molecule has 0 atom stereocenters. The predicted molar refractivity (Wildman–Crippen MR) is 122 cm³/mol. The molecule has 0 bridgehead atoms. The fourth-order valence-corrected chi connectivity index (χ4v) is 4.34. The van der Waals surface area contributed by atoms with E-state index in [9.17, 15) is 0 Å². The normalized spacial score (nSPS) is 10.9. The lowest BCUT2D eigenvalue weighted by Gasteiger charge is -2.13. The van der Waals surface area contributed by atoms with Crippen molar-refractivity contribution in [2.45, 2.75) is 6.92 Å². The summed E-state index contributed by atoms with van der Waals surface area (Å²) in [6.07, 6.45) is 0. The van der Waals surface area contributed by atoms with Crippen LogP contribution in [0.5, 0.6) is 0 Å². The first-order valence-corrected chi connectivity index (χ1v) is 9.65. The number of furan rings is 1. The number of aryl methyl sites for hydroxylation is 1. The van der Waals surface area contributed by atoms with Gasteiger partial charge in [0, 0.05) is 21.9 Å². The first-order chi connectivity index (χ1) is 13.2. The van der Waals surface area contributed by atoms with Crippen LogP contribution in [0.3, 0.4) is 0 Å². The summed E-state index contributed by atoms with van der Waals surface area (Å²) in [4.78, 5) is 4.95. The summed E-state index contributed by atoms with van der Waals surface area (Å²) in [6.45, 7) is 2.09. The second kappa shape index (κ2) is 7.42. The molecule has 0 fully saturated rings. The quantitative estimate of drug-likeness (QED) is 0.274. The minimum Gasteiger partial charge on any atom is -0.454 e. The lowest BCUT2D eigenvalue weighted by molar-refractivity contribution is 0.626. The van der Waals surface area contributed by atoms with Gasteiger partial charge in [0.1, 0.15) is 11.3 Å². The Morgan fingerprint density at radius 2 is 1.43 bits per heavy atom. The average Bonchev–Trinajstić information content (AvgIpc) is 3.05. The molecule has 138 valence electrons. The van der Waals surface area contributed by atoms with Crippen molar-refractivity contribution in [3.05, 3.63) is 88.9 Å². The highest BCUT2D eigenvalue weighted by Gasteiger charge is 2.21. The number of halogens is 2. The van der Waals surface area contributed by atoms with E-state index in [0.717, 1.165) is 54.5 Å². The monoisotopic (exact) mass is 449 g/mol. The molecule has 28 heavy (non-hydrogen) atoms. The molecule has 2 heterocycles. The maximum atomic E-state index is 6.21. The van der Waals surface area contributed by atoms with Crippen LogP contribution in [0.15, 0.2) is 87.8 Å². The van der Waals surface area contributed by atoms with Gasteiger partial charge in [-0.25, -0.2) is 4.98 Å². The Balaban J connectivity index is 0.00000192. The Morgan fingerprint density at radius 3 is 2.18 bits per heavy atom. The number of rotatable bonds is 2. The third kappa shape index (κ3) is 2.92. The van der Waals surface area contributed by atoms with Crippen LogP contribution in [0.25, 0.3) is 44.5 Å². The summed E-state index contributed by atoms with van der Waals surface area (Å²) in [7, 11) is 0. The topological polar surface area (TPSA) is 26.0 Å². The van der Waals surface area contributed by atoms with Crippen LogP contribution in [0.2, 0.25) is 0 Å².